The van der Waals surface area contributed by atoms with E-state index < -0.39 is 0 Å². The molecule has 0 aromatic heterocycles. The van der Waals surface area contributed by atoms with Gasteiger partial charge in [-0.25, -0.2) is 0 Å². The molecule has 0 unspecified atom stereocenters. The summed E-state index contributed by atoms with van der Waals surface area (Å²) in [5, 5.41) is 0. The highest BCUT2D eigenvalue weighted by Gasteiger charge is 2.02. The Bertz CT molecular complexity index is 333. The van der Waals surface area contributed by atoms with Crippen LogP contribution in [-0.4, -0.2) is 37.6 Å². The van der Waals surface area contributed by atoms with E-state index in [0.717, 1.165) is 19.3 Å². The summed E-state index contributed by atoms with van der Waals surface area (Å²) in [5.41, 5.74) is 0. The van der Waals surface area contributed by atoms with Crippen molar-refractivity contribution >= 4 is 5.97 Å². The number of unbranched alkanes of at least 4 members (excludes halogenated alkanes) is 15. The molecule has 0 fully saturated rings. The third-order valence-corrected chi connectivity index (χ3v) is 5.83. The minimum Gasteiger partial charge on any atom is -0.466 e. The van der Waals surface area contributed by atoms with Gasteiger partial charge in [0.25, 0.3) is 0 Å². The Morgan fingerprint density at radius 1 is 0.586 bits per heavy atom. The second-order valence-electron chi connectivity index (χ2n) is 8.93. The molecule has 0 saturated heterocycles. The van der Waals surface area contributed by atoms with Gasteiger partial charge in [-0.1, -0.05) is 104 Å². The van der Waals surface area contributed by atoms with E-state index in [0.29, 0.717) is 13.0 Å². The maximum atomic E-state index is 11.6. The lowest BCUT2D eigenvalue weighted by atomic mass is 10.1. The van der Waals surface area contributed by atoms with Gasteiger partial charge in [0.2, 0.25) is 0 Å². The van der Waals surface area contributed by atoms with Crippen molar-refractivity contribution in [2.45, 2.75) is 136 Å². The van der Waals surface area contributed by atoms with Gasteiger partial charge >= 0.3 is 5.97 Å². The lowest BCUT2D eigenvalue weighted by Gasteiger charge is -2.16. The second kappa shape index (κ2) is 23.7. The number of nitrogens with zero attached hydrogens (tertiary/aromatic N) is 1. The molecule has 0 atom stereocenters. The van der Waals surface area contributed by atoms with Gasteiger partial charge < -0.3 is 9.64 Å². The maximum Gasteiger partial charge on any atom is 0.305 e. The number of rotatable bonds is 23. The largest absolute Gasteiger partial charge is 0.466 e. The molecule has 0 spiro atoms. The summed E-state index contributed by atoms with van der Waals surface area (Å²) in [6.45, 7) is 7.60. The molecule has 0 bridgehead atoms. The van der Waals surface area contributed by atoms with Crippen LogP contribution in [0.4, 0.5) is 0 Å². The molecule has 0 heterocycles. The Balaban J connectivity index is 3.20. The minimum absolute atomic E-state index is 0.00237. The van der Waals surface area contributed by atoms with E-state index in [-0.39, 0.29) is 5.97 Å². The predicted molar refractivity (Wildman–Crippen MR) is 128 cm³/mol. The summed E-state index contributed by atoms with van der Waals surface area (Å²) >= 11 is 0. The van der Waals surface area contributed by atoms with Crippen molar-refractivity contribution in [1.82, 2.24) is 4.90 Å². The van der Waals surface area contributed by atoms with Crippen LogP contribution in [0.2, 0.25) is 0 Å². The van der Waals surface area contributed by atoms with Gasteiger partial charge in [-0.2, -0.15) is 0 Å². The van der Waals surface area contributed by atoms with Crippen molar-refractivity contribution < 1.29 is 9.53 Å². The molecule has 174 valence electrons. The van der Waals surface area contributed by atoms with Crippen LogP contribution in [0.25, 0.3) is 0 Å². The lowest BCUT2D eigenvalue weighted by molar-refractivity contribution is -0.143. The molecule has 3 heteroatoms. The molecule has 0 saturated carbocycles. The fourth-order valence-corrected chi connectivity index (χ4v) is 3.77. The molecule has 0 rings (SSSR count). The molecular formula is C26H53NO2. The van der Waals surface area contributed by atoms with Gasteiger partial charge in [-0.15, -0.1) is 0 Å². The van der Waals surface area contributed by atoms with Crippen molar-refractivity contribution in [2.24, 2.45) is 0 Å². The molecule has 0 amide bonds. The monoisotopic (exact) mass is 411 g/mol. The van der Waals surface area contributed by atoms with E-state index in [2.05, 4.69) is 25.8 Å². The van der Waals surface area contributed by atoms with Crippen molar-refractivity contribution in [3.8, 4) is 0 Å². The minimum atomic E-state index is 0.00237. The first kappa shape index (κ1) is 28.4. The van der Waals surface area contributed by atoms with Gasteiger partial charge in [0.1, 0.15) is 0 Å². The smallest absolute Gasteiger partial charge is 0.305 e. The predicted octanol–water partition coefficient (Wildman–Crippen LogP) is 7.91. The zero-order chi connectivity index (χ0) is 21.4. The highest BCUT2D eigenvalue weighted by molar-refractivity contribution is 5.69. The van der Waals surface area contributed by atoms with Crippen molar-refractivity contribution in [3.05, 3.63) is 0 Å². The molecule has 0 aliphatic carbocycles. The number of carbonyl (C=O) groups is 1. The molecule has 0 aliphatic heterocycles. The van der Waals surface area contributed by atoms with Crippen LogP contribution in [0.3, 0.4) is 0 Å². The Morgan fingerprint density at radius 3 is 1.52 bits per heavy atom. The average Bonchev–Trinajstić information content (AvgIpc) is 2.72. The van der Waals surface area contributed by atoms with Crippen LogP contribution < -0.4 is 0 Å². The number of carbonyl (C=O) groups excluding carboxylic acids is 1. The van der Waals surface area contributed by atoms with Gasteiger partial charge in [0.15, 0.2) is 0 Å². The third-order valence-electron chi connectivity index (χ3n) is 5.83. The molecule has 0 aromatic rings. The summed E-state index contributed by atoms with van der Waals surface area (Å²) in [5.74, 6) is 0.00237. The molecular weight excluding hydrogens is 358 g/mol. The highest BCUT2D eigenvalue weighted by atomic mass is 16.5. The molecule has 0 N–H and O–H groups in total. The average molecular weight is 412 g/mol. The number of esters is 1. The molecule has 0 radical (unpaired) electrons. The van der Waals surface area contributed by atoms with Gasteiger partial charge in [0.05, 0.1) is 6.61 Å². The molecule has 29 heavy (non-hydrogen) atoms. The van der Waals surface area contributed by atoms with Crippen LogP contribution in [0.5, 0.6) is 0 Å². The molecule has 0 aliphatic rings. The lowest BCUT2D eigenvalue weighted by Crippen LogP contribution is -2.20. The zero-order valence-corrected chi connectivity index (χ0v) is 20.3. The second-order valence-corrected chi connectivity index (χ2v) is 8.93. The summed E-state index contributed by atoms with van der Waals surface area (Å²) in [6, 6.07) is 0. The Kier molecular flexibility index (Phi) is 23.2. The SMILES string of the molecule is CCCCCCCCN(C)CCCCCCCCCCCC(=O)OCCCCC. The third kappa shape index (κ3) is 23.6. The fraction of sp³-hybridized carbons (Fsp3) is 0.962. The normalized spacial score (nSPS) is 11.3. The van der Waals surface area contributed by atoms with Gasteiger partial charge in [-0.05, 0) is 45.8 Å². The first-order valence-corrected chi connectivity index (χ1v) is 13.0. The van der Waals surface area contributed by atoms with Crippen LogP contribution in [0.15, 0.2) is 0 Å². The van der Waals surface area contributed by atoms with Crippen LogP contribution in [0, 0.1) is 0 Å². The van der Waals surface area contributed by atoms with Gasteiger partial charge in [-0.3, -0.25) is 4.79 Å². The topological polar surface area (TPSA) is 29.5 Å². The summed E-state index contributed by atoms with van der Waals surface area (Å²) in [7, 11) is 2.28. The Hall–Kier alpha value is -0.570. The first-order valence-electron chi connectivity index (χ1n) is 13.0. The zero-order valence-electron chi connectivity index (χ0n) is 20.3. The van der Waals surface area contributed by atoms with E-state index in [4.69, 9.17) is 4.74 Å². The summed E-state index contributed by atoms with van der Waals surface area (Å²) in [4.78, 5) is 14.1. The van der Waals surface area contributed by atoms with Crippen LogP contribution in [0.1, 0.15) is 136 Å². The van der Waals surface area contributed by atoms with Crippen LogP contribution >= 0.6 is 0 Å². The fourth-order valence-electron chi connectivity index (χ4n) is 3.77. The van der Waals surface area contributed by atoms with Crippen molar-refractivity contribution in [3.63, 3.8) is 0 Å². The Labute approximate surface area is 183 Å². The standard InChI is InChI=1S/C26H53NO2/c1-4-6-8-9-16-19-23-27(3)24-20-17-14-12-10-11-13-15-18-22-26(28)29-25-21-7-5-2/h4-25H2,1-3H3. The number of hydrogen-bond donors (Lipinski definition) is 0. The van der Waals surface area contributed by atoms with Crippen LogP contribution in [-0.2, 0) is 9.53 Å². The van der Waals surface area contributed by atoms with E-state index in [1.54, 1.807) is 0 Å². The van der Waals surface area contributed by atoms with Crippen molar-refractivity contribution in [2.75, 3.05) is 26.7 Å². The maximum absolute atomic E-state index is 11.6. The number of hydrogen-bond acceptors (Lipinski definition) is 3. The van der Waals surface area contributed by atoms with E-state index in [1.807, 2.05) is 0 Å². The molecule has 0 aromatic carbocycles. The van der Waals surface area contributed by atoms with E-state index >= 15 is 0 Å². The van der Waals surface area contributed by atoms with E-state index in [9.17, 15) is 4.79 Å². The summed E-state index contributed by atoms with van der Waals surface area (Å²) in [6.07, 6.45) is 23.9. The van der Waals surface area contributed by atoms with Crippen molar-refractivity contribution in [1.29, 1.82) is 0 Å². The Morgan fingerprint density at radius 2 is 1.00 bits per heavy atom. The first-order chi connectivity index (χ1) is 14.2. The highest BCUT2D eigenvalue weighted by Crippen LogP contribution is 2.12. The summed E-state index contributed by atoms with van der Waals surface area (Å²) < 4.78 is 5.24. The molecule has 3 nitrogen and oxygen atoms in total. The van der Waals surface area contributed by atoms with E-state index in [1.165, 1.54) is 109 Å². The number of ether oxygens (including phenoxy) is 1. The quantitative estimate of drug-likeness (QED) is 0.126. The van der Waals surface area contributed by atoms with Gasteiger partial charge in [0, 0.05) is 6.42 Å².